The largest absolute Gasteiger partial charge is 0.516 e. The number of imidazole rings is 1. The molecular weight excluding hydrogens is 267 g/mol. The minimum absolute atomic E-state index is 0.0314. The molecule has 0 aliphatic carbocycles. The summed E-state index contributed by atoms with van der Waals surface area (Å²) in [6, 6.07) is 0. The lowest BCUT2D eigenvalue weighted by Gasteiger charge is -2.32. The average Bonchev–Trinajstić information content (AvgIpc) is 2.91. The lowest BCUT2D eigenvalue weighted by atomic mass is 9.86. The minimum atomic E-state index is -2.44. The summed E-state index contributed by atoms with van der Waals surface area (Å²) < 4.78 is 51.6. The fourth-order valence-corrected chi connectivity index (χ4v) is 1.90. The van der Waals surface area contributed by atoms with Crippen LogP contribution in [0.2, 0.25) is 0 Å². The van der Waals surface area contributed by atoms with Gasteiger partial charge < -0.3 is 9.31 Å². The van der Waals surface area contributed by atoms with Crippen molar-refractivity contribution in [3.05, 3.63) is 30.6 Å². The van der Waals surface area contributed by atoms with E-state index in [-0.39, 0.29) is 29.6 Å². The molecule has 3 heterocycles. The van der Waals surface area contributed by atoms with Gasteiger partial charge in [0.25, 0.3) is 0 Å². The molecule has 0 saturated carbocycles. The van der Waals surface area contributed by atoms with E-state index in [0.717, 1.165) is 10.8 Å². The Labute approximate surface area is 131 Å². The molecule has 0 N–H and O–H groups in total. The SMILES string of the molecule is [2H]c1nc(B2OC(C)(C)C(C)(C)O2)c([2H])n1-c1cncc(C([2H])([2H])[2H])n1. The standard InChI is InChI=1S/C14H19BN4O2/c1-10-6-16-7-12(18-10)19-8-11(17-9-19)15-20-13(2,3)14(4,5)21-15/h6-9H,1-5H3/i1D3,8D,9D. The smallest absolute Gasteiger partial charge is 0.398 e. The van der Waals surface area contributed by atoms with Gasteiger partial charge in [-0.2, -0.15) is 0 Å². The minimum Gasteiger partial charge on any atom is -0.398 e. The van der Waals surface area contributed by atoms with Crippen LogP contribution in [0.25, 0.3) is 5.82 Å². The molecule has 1 aliphatic heterocycles. The first-order chi connectivity index (χ1) is 11.8. The van der Waals surface area contributed by atoms with Gasteiger partial charge in [0.15, 0.2) is 5.82 Å². The second-order valence-electron chi connectivity index (χ2n) is 5.90. The van der Waals surface area contributed by atoms with Gasteiger partial charge in [-0.3, -0.25) is 9.55 Å². The van der Waals surface area contributed by atoms with Gasteiger partial charge in [0.2, 0.25) is 0 Å². The zero-order chi connectivity index (χ0) is 19.5. The van der Waals surface area contributed by atoms with E-state index in [2.05, 4.69) is 15.0 Å². The number of hydrogen-bond donors (Lipinski definition) is 0. The van der Waals surface area contributed by atoms with E-state index in [0.29, 0.717) is 0 Å². The summed E-state index contributed by atoms with van der Waals surface area (Å²) in [5.41, 5.74) is -1.32. The van der Waals surface area contributed by atoms with Crippen LogP contribution in [0.1, 0.15) is 40.2 Å². The first kappa shape index (κ1) is 9.32. The van der Waals surface area contributed by atoms with Crippen molar-refractivity contribution in [2.45, 2.75) is 45.7 Å². The molecule has 0 unspecified atom stereocenters. The third kappa shape index (κ3) is 2.47. The Bertz CT molecular complexity index is 836. The van der Waals surface area contributed by atoms with E-state index in [1.807, 2.05) is 27.7 Å². The summed E-state index contributed by atoms with van der Waals surface area (Å²) in [6.45, 7) is 5.06. The van der Waals surface area contributed by atoms with Gasteiger partial charge in [-0.15, -0.1) is 0 Å². The van der Waals surface area contributed by atoms with E-state index < -0.39 is 25.2 Å². The van der Waals surface area contributed by atoms with Crippen molar-refractivity contribution < 1.29 is 16.2 Å². The molecule has 1 fully saturated rings. The lowest BCUT2D eigenvalue weighted by Crippen LogP contribution is -2.41. The molecule has 1 saturated heterocycles. The molecule has 0 radical (unpaired) electrons. The highest BCUT2D eigenvalue weighted by atomic mass is 16.7. The van der Waals surface area contributed by atoms with Crippen molar-refractivity contribution in [2.24, 2.45) is 0 Å². The van der Waals surface area contributed by atoms with E-state index in [4.69, 9.17) is 16.2 Å². The summed E-state index contributed by atoms with van der Waals surface area (Å²) in [7, 11) is -0.906. The maximum Gasteiger partial charge on any atom is 0.516 e. The molecule has 110 valence electrons. The van der Waals surface area contributed by atoms with Gasteiger partial charge >= 0.3 is 7.12 Å². The topological polar surface area (TPSA) is 62.1 Å². The second-order valence-corrected chi connectivity index (χ2v) is 5.90. The highest BCUT2D eigenvalue weighted by molar-refractivity contribution is 6.61. The maximum absolute atomic E-state index is 8.37. The monoisotopic (exact) mass is 291 g/mol. The van der Waals surface area contributed by atoms with Crippen molar-refractivity contribution >= 4 is 12.7 Å². The van der Waals surface area contributed by atoms with E-state index in [9.17, 15) is 0 Å². The zero-order valence-electron chi connectivity index (χ0n) is 17.3. The molecule has 7 heteroatoms. The highest BCUT2D eigenvalue weighted by Gasteiger charge is 2.52. The van der Waals surface area contributed by atoms with Crippen LogP contribution in [0.5, 0.6) is 0 Å². The number of aromatic nitrogens is 4. The van der Waals surface area contributed by atoms with Crippen molar-refractivity contribution in [1.82, 2.24) is 19.5 Å². The fraction of sp³-hybridized carbons (Fsp3) is 0.500. The quantitative estimate of drug-likeness (QED) is 0.780. The molecule has 0 amide bonds. The summed E-state index contributed by atoms with van der Waals surface area (Å²) in [5.74, 6) is 0.0314. The zero-order valence-corrected chi connectivity index (χ0v) is 12.3. The van der Waals surface area contributed by atoms with Crippen LogP contribution in [-0.2, 0) is 9.31 Å². The number of nitrogens with zero attached hydrogens (tertiary/aromatic N) is 4. The molecule has 0 atom stereocenters. The van der Waals surface area contributed by atoms with Gasteiger partial charge in [-0.1, -0.05) is 0 Å². The number of rotatable bonds is 2. The Hall–Kier alpha value is -1.73. The predicted molar refractivity (Wildman–Crippen MR) is 79.6 cm³/mol. The van der Waals surface area contributed by atoms with E-state index in [1.165, 1.54) is 6.20 Å². The van der Waals surface area contributed by atoms with Crippen LogP contribution in [0.4, 0.5) is 0 Å². The fourth-order valence-electron chi connectivity index (χ4n) is 1.90. The first-order valence-corrected chi connectivity index (χ1v) is 6.58. The van der Waals surface area contributed by atoms with Gasteiger partial charge in [-0.05, 0) is 34.5 Å². The van der Waals surface area contributed by atoms with Crippen molar-refractivity contribution in [1.29, 1.82) is 0 Å². The molecule has 0 bridgehead atoms. The van der Waals surface area contributed by atoms with Crippen LogP contribution in [0.3, 0.4) is 0 Å². The molecule has 3 rings (SSSR count). The molecule has 0 aromatic carbocycles. The molecule has 2 aromatic heterocycles. The molecule has 6 nitrogen and oxygen atoms in total. The normalized spacial score (nSPS) is 24.0. The predicted octanol–water partition coefficient (Wildman–Crippen LogP) is 1.27. The number of aryl methyl sites for hydroxylation is 1. The molecule has 0 spiro atoms. The van der Waals surface area contributed by atoms with Gasteiger partial charge in [-0.25, -0.2) is 9.97 Å². The van der Waals surface area contributed by atoms with Crippen LogP contribution >= 0.6 is 0 Å². The summed E-state index contributed by atoms with van der Waals surface area (Å²) >= 11 is 0. The van der Waals surface area contributed by atoms with Crippen molar-refractivity contribution in [2.75, 3.05) is 0 Å². The van der Waals surface area contributed by atoms with Crippen molar-refractivity contribution in [3.63, 3.8) is 0 Å². The third-order valence-electron chi connectivity index (χ3n) is 3.82. The Morgan fingerprint density at radius 1 is 1.24 bits per heavy atom. The third-order valence-corrected chi connectivity index (χ3v) is 3.82. The van der Waals surface area contributed by atoms with Crippen LogP contribution in [-0.4, -0.2) is 37.8 Å². The van der Waals surface area contributed by atoms with Crippen LogP contribution in [0, 0.1) is 6.85 Å². The molecule has 21 heavy (non-hydrogen) atoms. The Morgan fingerprint density at radius 3 is 2.62 bits per heavy atom. The molecule has 1 aliphatic rings. The van der Waals surface area contributed by atoms with Gasteiger partial charge in [0.1, 0.15) is 1.37 Å². The van der Waals surface area contributed by atoms with Gasteiger partial charge in [0.05, 0.1) is 36.4 Å². The summed E-state index contributed by atoms with van der Waals surface area (Å²) in [5, 5.41) is 0. The average molecular weight is 291 g/mol. The summed E-state index contributed by atoms with van der Waals surface area (Å²) in [4.78, 5) is 11.9. The number of hydrogen-bond acceptors (Lipinski definition) is 5. The van der Waals surface area contributed by atoms with Crippen molar-refractivity contribution in [3.8, 4) is 5.82 Å². The first-order valence-electron chi connectivity index (χ1n) is 9.08. The highest BCUT2D eigenvalue weighted by Crippen LogP contribution is 2.36. The van der Waals surface area contributed by atoms with Crippen LogP contribution < -0.4 is 5.59 Å². The molecule has 2 aromatic rings. The maximum atomic E-state index is 8.37. The van der Waals surface area contributed by atoms with E-state index in [1.54, 1.807) is 0 Å². The molecular formula is C14H19BN4O2. The second kappa shape index (κ2) is 4.64. The Kier molecular flexibility index (Phi) is 2.06. The van der Waals surface area contributed by atoms with Crippen LogP contribution in [0.15, 0.2) is 24.9 Å². The van der Waals surface area contributed by atoms with Gasteiger partial charge in [0, 0.05) is 16.5 Å². The van der Waals surface area contributed by atoms with E-state index >= 15 is 0 Å². The summed E-state index contributed by atoms with van der Waals surface area (Å²) in [6.07, 6.45) is 1.97. The lowest BCUT2D eigenvalue weighted by molar-refractivity contribution is 0.00578. The Morgan fingerprint density at radius 2 is 1.95 bits per heavy atom. The Balaban J connectivity index is 2.03.